The summed E-state index contributed by atoms with van der Waals surface area (Å²) in [6.45, 7) is 2.48. The average Bonchev–Trinajstić information content (AvgIpc) is 3.33. The maximum absolute atomic E-state index is 13.2. The van der Waals surface area contributed by atoms with Gasteiger partial charge in [0.25, 0.3) is 5.91 Å². The van der Waals surface area contributed by atoms with Crippen LogP contribution in [0.15, 0.2) is 60.8 Å². The highest BCUT2D eigenvalue weighted by Gasteiger charge is 2.18. The third-order valence-electron chi connectivity index (χ3n) is 5.90. The van der Waals surface area contributed by atoms with Crippen molar-refractivity contribution in [2.45, 2.75) is 19.4 Å². The van der Waals surface area contributed by atoms with Crippen molar-refractivity contribution in [1.29, 1.82) is 0 Å². The maximum Gasteiger partial charge on any atom is 0.322 e. The number of para-hydroxylation sites is 2. The Morgan fingerprint density at radius 3 is 2.64 bits per heavy atom. The highest BCUT2D eigenvalue weighted by atomic mass is 16.5. The summed E-state index contributed by atoms with van der Waals surface area (Å²) in [6.07, 6.45) is 3.29. The van der Waals surface area contributed by atoms with Crippen LogP contribution in [0, 0.1) is 0 Å². The van der Waals surface area contributed by atoms with Gasteiger partial charge < -0.3 is 30.9 Å². The van der Waals surface area contributed by atoms with Crippen LogP contribution in [0.1, 0.15) is 28.0 Å². The standard InChI is InChI=1S/C27H32N6O3/c1-32(2)13-5-14-33(27(35)30-21-9-11-25-20(16-21)12-15-36-25)18-19-8-10-24(29-17-19)26(34)31-23-7-4-3-6-22(23)28/h3-4,6-11,16-17H,5,12-15,18,28H2,1-2H3,(H,30,35)(H,31,34). The van der Waals surface area contributed by atoms with Gasteiger partial charge in [0.1, 0.15) is 11.4 Å². The van der Waals surface area contributed by atoms with Crippen LogP contribution in [0.5, 0.6) is 5.75 Å². The van der Waals surface area contributed by atoms with Crippen LogP contribution in [0.2, 0.25) is 0 Å². The summed E-state index contributed by atoms with van der Waals surface area (Å²) in [5.74, 6) is 0.529. The van der Waals surface area contributed by atoms with Crippen LogP contribution in [-0.4, -0.2) is 60.5 Å². The second-order valence-corrected chi connectivity index (χ2v) is 9.02. The van der Waals surface area contributed by atoms with E-state index in [1.807, 2.05) is 38.4 Å². The van der Waals surface area contributed by atoms with E-state index in [-0.39, 0.29) is 17.6 Å². The minimum Gasteiger partial charge on any atom is -0.493 e. The first-order valence-electron chi connectivity index (χ1n) is 12.0. The van der Waals surface area contributed by atoms with Gasteiger partial charge in [0.05, 0.1) is 18.0 Å². The fraction of sp³-hybridized carbons (Fsp3) is 0.296. The molecule has 1 aromatic heterocycles. The molecule has 0 saturated carbocycles. The minimum absolute atomic E-state index is 0.186. The molecule has 3 amide bonds. The van der Waals surface area contributed by atoms with Crippen molar-refractivity contribution < 1.29 is 14.3 Å². The van der Waals surface area contributed by atoms with E-state index < -0.39 is 0 Å². The van der Waals surface area contributed by atoms with Crippen molar-refractivity contribution in [2.75, 3.05) is 50.2 Å². The first-order chi connectivity index (χ1) is 17.4. The highest BCUT2D eigenvalue weighted by molar-refractivity contribution is 6.04. The van der Waals surface area contributed by atoms with Gasteiger partial charge >= 0.3 is 6.03 Å². The molecule has 1 aliphatic heterocycles. The largest absolute Gasteiger partial charge is 0.493 e. The topological polar surface area (TPSA) is 113 Å². The van der Waals surface area contributed by atoms with Gasteiger partial charge in [-0.2, -0.15) is 0 Å². The summed E-state index contributed by atoms with van der Waals surface area (Å²) in [7, 11) is 4.02. The second-order valence-electron chi connectivity index (χ2n) is 9.02. The number of ether oxygens (including phenoxy) is 1. The number of nitrogens with one attached hydrogen (secondary N) is 2. The van der Waals surface area contributed by atoms with Crippen molar-refractivity contribution in [3.63, 3.8) is 0 Å². The molecule has 0 saturated heterocycles. The van der Waals surface area contributed by atoms with Gasteiger partial charge in [-0.3, -0.25) is 9.78 Å². The van der Waals surface area contributed by atoms with Crippen LogP contribution in [0.25, 0.3) is 0 Å². The Bertz CT molecular complexity index is 1210. The molecular formula is C27H32N6O3. The van der Waals surface area contributed by atoms with Gasteiger partial charge in [0, 0.05) is 31.4 Å². The van der Waals surface area contributed by atoms with Crippen molar-refractivity contribution in [3.05, 3.63) is 77.6 Å². The van der Waals surface area contributed by atoms with Crippen molar-refractivity contribution >= 4 is 29.0 Å². The number of nitrogens with zero attached hydrogens (tertiary/aromatic N) is 3. The molecule has 4 N–H and O–H groups in total. The number of carbonyl (C=O) groups is 2. The van der Waals surface area contributed by atoms with Gasteiger partial charge in [-0.1, -0.05) is 18.2 Å². The molecule has 9 heteroatoms. The molecule has 0 bridgehead atoms. The van der Waals surface area contributed by atoms with Crippen molar-refractivity contribution in [1.82, 2.24) is 14.8 Å². The van der Waals surface area contributed by atoms with Crippen LogP contribution < -0.4 is 21.1 Å². The molecule has 2 aromatic carbocycles. The molecule has 0 fully saturated rings. The Kier molecular flexibility index (Phi) is 8.02. The molecule has 0 unspecified atom stereocenters. The molecule has 0 atom stereocenters. The molecule has 0 spiro atoms. The van der Waals surface area contributed by atoms with E-state index in [1.165, 1.54) is 0 Å². The molecule has 3 aromatic rings. The Balaban J connectivity index is 1.42. The smallest absolute Gasteiger partial charge is 0.322 e. The van der Waals surface area contributed by atoms with E-state index in [0.717, 1.165) is 42.0 Å². The third-order valence-corrected chi connectivity index (χ3v) is 5.90. The van der Waals surface area contributed by atoms with Crippen LogP contribution in [0.4, 0.5) is 21.9 Å². The Morgan fingerprint density at radius 1 is 1.06 bits per heavy atom. The number of hydrogen-bond donors (Lipinski definition) is 3. The number of anilines is 3. The molecule has 0 radical (unpaired) electrons. The van der Waals surface area contributed by atoms with Gasteiger partial charge in [-0.25, -0.2) is 4.79 Å². The second kappa shape index (κ2) is 11.5. The van der Waals surface area contributed by atoms with E-state index in [9.17, 15) is 9.59 Å². The molecule has 0 aliphatic carbocycles. The van der Waals surface area contributed by atoms with Gasteiger partial charge in [-0.15, -0.1) is 0 Å². The Hall–Kier alpha value is -4.11. The Morgan fingerprint density at radius 2 is 1.89 bits per heavy atom. The number of hydrogen-bond acceptors (Lipinski definition) is 6. The van der Waals surface area contributed by atoms with Crippen molar-refractivity contribution in [2.24, 2.45) is 0 Å². The van der Waals surface area contributed by atoms with E-state index in [0.29, 0.717) is 31.1 Å². The summed E-state index contributed by atoms with van der Waals surface area (Å²) >= 11 is 0. The van der Waals surface area contributed by atoms with E-state index in [2.05, 4.69) is 20.5 Å². The zero-order valence-electron chi connectivity index (χ0n) is 20.7. The van der Waals surface area contributed by atoms with Gasteiger partial charge in [0.15, 0.2) is 0 Å². The molecule has 4 rings (SSSR count). The molecule has 2 heterocycles. The zero-order chi connectivity index (χ0) is 25.5. The normalized spacial score (nSPS) is 12.1. The summed E-state index contributed by atoms with van der Waals surface area (Å²) in [5, 5.41) is 5.79. The van der Waals surface area contributed by atoms with Crippen LogP contribution in [-0.2, 0) is 13.0 Å². The number of fused-ring (bicyclic) bond motifs is 1. The van der Waals surface area contributed by atoms with Gasteiger partial charge in [0.2, 0.25) is 0 Å². The van der Waals surface area contributed by atoms with E-state index in [1.54, 1.807) is 41.4 Å². The molecule has 9 nitrogen and oxygen atoms in total. The average molecular weight is 489 g/mol. The SMILES string of the molecule is CN(C)CCCN(Cc1ccc(C(=O)Nc2ccccc2N)nc1)C(=O)Nc1ccc2c(c1)CCO2. The number of rotatable bonds is 9. The molecule has 188 valence electrons. The number of amides is 3. The van der Waals surface area contributed by atoms with Gasteiger partial charge in [-0.05, 0) is 74.6 Å². The summed E-state index contributed by atoms with van der Waals surface area (Å²) in [5.41, 5.74) is 9.87. The summed E-state index contributed by atoms with van der Waals surface area (Å²) in [6, 6.07) is 16.1. The molecule has 36 heavy (non-hydrogen) atoms. The first kappa shape index (κ1) is 25.0. The first-order valence-corrected chi connectivity index (χ1v) is 12.0. The predicted octanol–water partition coefficient (Wildman–Crippen LogP) is 3.84. The number of benzene rings is 2. The van der Waals surface area contributed by atoms with Crippen LogP contribution in [0.3, 0.4) is 0 Å². The molecule has 1 aliphatic rings. The van der Waals surface area contributed by atoms with E-state index in [4.69, 9.17) is 10.5 Å². The van der Waals surface area contributed by atoms with Crippen molar-refractivity contribution in [3.8, 4) is 5.75 Å². The fourth-order valence-corrected chi connectivity index (χ4v) is 3.97. The lowest BCUT2D eigenvalue weighted by Crippen LogP contribution is -2.36. The number of nitrogen functional groups attached to an aromatic ring is 1. The van der Waals surface area contributed by atoms with E-state index >= 15 is 0 Å². The minimum atomic E-state index is -0.347. The number of carbonyl (C=O) groups excluding carboxylic acids is 2. The third kappa shape index (κ3) is 6.51. The predicted molar refractivity (Wildman–Crippen MR) is 141 cm³/mol. The maximum atomic E-state index is 13.2. The van der Waals surface area contributed by atoms with Crippen LogP contribution >= 0.6 is 0 Å². The quantitative estimate of drug-likeness (QED) is 0.395. The summed E-state index contributed by atoms with van der Waals surface area (Å²) in [4.78, 5) is 33.9. The lowest BCUT2D eigenvalue weighted by molar-refractivity contribution is 0.102. The molecular weight excluding hydrogens is 456 g/mol. The number of nitrogens with two attached hydrogens (primary N) is 1. The Labute approximate surface area is 211 Å². The lowest BCUT2D eigenvalue weighted by atomic mass is 10.1. The highest BCUT2D eigenvalue weighted by Crippen LogP contribution is 2.28. The zero-order valence-corrected chi connectivity index (χ0v) is 20.7. The fourth-order valence-electron chi connectivity index (χ4n) is 3.97. The number of urea groups is 1. The number of aromatic nitrogens is 1. The lowest BCUT2D eigenvalue weighted by Gasteiger charge is -2.24. The monoisotopic (exact) mass is 488 g/mol. The summed E-state index contributed by atoms with van der Waals surface area (Å²) < 4.78 is 5.56. The number of pyridine rings is 1.